The molecule has 0 amide bonds. The topological polar surface area (TPSA) is 12.0 Å². The SMILES string of the molecule is C=C/C=C(\C=C)CSc1ccc2c(c1)CCN2. The summed E-state index contributed by atoms with van der Waals surface area (Å²) in [7, 11) is 0. The molecule has 1 aliphatic rings. The normalized spacial score (nSPS) is 14.0. The molecule has 0 fully saturated rings. The second kappa shape index (κ2) is 5.78. The van der Waals surface area contributed by atoms with Crippen LogP contribution in [0.5, 0.6) is 0 Å². The average Bonchev–Trinajstić information content (AvgIpc) is 2.81. The van der Waals surface area contributed by atoms with Gasteiger partial charge in [-0.15, -0.1) is 11.8 Å². The van der Waals surface area contributed by atoms with Crippen molar-refractivity contribution in [2.75, 3.05) is 17.6 Å². The van der Waals surface area contributed by atoms with Gasteiger partial charge in [0, 0.05) is 22.9 Å². The van der Waals surface area contributed by atoms with Gasteiger partial charge in [0.15, 0.2) is 0 Å². The molecule has 0 spiro atoms. The van der Waals surface area contributed by atoms with E-state index >= 15 is 0 Å². The van der Waals surface area contributed by atoms with Crippen molar-refractivity contribution in [1.29, 1.82) is 0 Å². The van der Waals surface area contributed by atoms with Crippen LogP contribution in [0, 0.1) is 0 Å². The lowest BCUT2D eigenvalue weighted by atomic mass is 10.2. The second-order valence-corrected chi connectivity index (χ2v) is 5.01. The molecule has 0 radical (unpaired) electrons. The maximum atomic E-state index is 3.81. The number of anilines is 1. The first-order valence-corrected chi connectivity index (χ1v) is 6.75. The van der Waals surface area contributed by atoms with Crippen molar-refractivity contribution in [3.05, 3.63) is 60.7 Å². The minimum Gasteiger partial charge on any atom is -0.384 e. The lowest BCUT2D eigenvalue weighted by molar-refractivity contribution is 1.10. The Morgan fingerprint density at radius 3 is 3.06 bits per heavy atom. The van der Waals surface area contributed by atoms with Gasteiger partial charge in [-0.1, -0.05) is 31.4 Å². The molecule has 1 aromatic carbocycles. The summed E-state index contributed by atoms with van der Waals surface area (Å²) in [5, 5.41) is 3.37. The Morgan fingerprint density at radius 2 is 2.29 bits per heavy atom. The van der Waals surface area contributed by atoms with E-state index < -0.39 is 0 Å². The Morgan fingerprint density at radius 1 is 1.41 bits per heavy atom. The highest BCUT2D eigenvalue weighted by Gasteiger charge is 2.09. The number of rotatable bonds is 5. The van der Waals surface area contributed by atoms with E-state index in [1.165, 1.54) is 21.7 Å². The van der Waals surface area contributed by atoms with Crippen LogP contribution in [0.3, 0.4) is 0 Å². The van der Waals surface area contributed by atoms with Gasteiger partial charge in [-0.05, 0) is 35.8 Å². The van der Waals surface area contributed by atoms with E-state index in [1.807, 2.05) is 30.0 Å². The van der Waals surface area contributed by atoms with Gasteiger partial charge in [-0.3, -0.25) is 0 Å². The number of thioether (sulfide) groups is 1. The monoisotopic (exact) mass is 243 g/mol. The minimum absolute atomic E-state index is 0.946. The Balaban J connectivity index is 2.02. The number of hydrogen-bond donors (Lipinski definition) is 1. The molecule has 0 aliphatic carbocycles. The Hall–Kier alpha value is -1.41. The average molecular weight is 243 g/mol. The molecule has 2 rings (SSSR count). The molecule has 0 saturated heterocycles. The zero-order chi connectivity index (χ0) is 12.1. The summed E-state index contributed by atoms with van der Waals surface area (Å²) in [6, 6.07) is 6.64. The van der Waals surface area contributed by atoms with Gasteiger partial charge in [-0.25, -0.2) is 0 Å². The van der Waals surface area contributed by atoms with Gasteiger partial charge < -0.3 is 5.32 Å². The van der Waals surface area contributed by atoms with Crippen molar-refractivity contribution in [1.82, 2.24) is 0 Å². The number of benzene rings is 1. The van der Waals surface area contributed by atoms with Crippen molar-refractivity contribution in [3.63, 3.8) is 0 Å². The van der Waals surface area contributed by atoms with Gasteiger partial charge in [0.1, 0.15) is 0 Å². The molecule has 2 heteroatoms. The van der Waals surface area contributed by atoms with E-state index in [0.717, 1.165) is 18.7 Å². The summed E-state index contributed by atoms with van der Waals surface area (Å²) in [5.41, 5.74) is 3.94. The van der Waals surface area contributed by atoms with E-state index in [-0.39, 0.29) is 0 Å². The summed E-state index contributed by atoms with van der Waals surface area (Å²) in [4.78, 5) is 1.32. The fraction of sp³-hybridized carbons (Fsp3) is 0.200. The number of allylic oxidation sites excluding steroid dienone is 3. The highest BCUT2D eigenvalue weighted by molar-refractivity contribution is 7.99. The molecule has 0 saturated carbocycles. The van der Waals surface area contributed by atoms with Crippen LogP contribution >= 0.6 is 11.8 Å². The van der Waals surface area contributed by atoms with Crippen LogP contribution in [0.2, 0.25) is 0 Å². The van der Waals surface area contributed by atoms with Crippen LogP contribution in [0.4, 0.5) is 5.69 Å². The van der Waals surface area contributed by atoms with Crippen molar-refractivity contribution in [2.45, 2.75) is 11.3 Å². The largest absolute Gasteiger partial charge is 0.384 e. The standard InChI is InChI=1S/C15H17NS/c1-3-5-12(4-2)11-17-14-6-7-15-13(10-14)8-9-16-15/h3-7,10,16H,1-2,8-9,11H2/b12-5+. The third-order valence-electron chi connectivity index (χ3n) is 2.79. The first-order valence-electron chi connectivity index (χ1n) is 5.77. The van der Waals surface area contributed by atoms with Gasteiger partial charge in [0.05, 0.1) is 0 Å². The third kappa shape index (κ3) is 3.04. The van der Waals surface area contributed by atoms with E-state index in [9.17, 15) is 0 Å². The molecule has 1 nitrogen and oxygen atoms in total. The maximum Gasteiger partial charge on any atom is 0.0374 e. The molecule has 0 bridgehead atoms. The van der Waals surface area contributed by atoms with Crippen LogP contribution in [0.25, 0.3) is 0 Å². The van der Waals surface area contributed by atoms with Crippen molar-refractivity contribution in [2.24, 2.45) is 0 Å². The minimum atomic E-state index is 0.946. The van der Waals surface area contributed by atoms with Crippen LogP contribution in [0.15, 0.2) is 60.1 Å². The molecule has 0 aromatic heterocycles. The van der Waals surface area contributed by atoms with Gasteiger partial charge in [0.2, 0.25) is 0 Å². The summed E-state index contributed by atoms with van der Waals surface area (Å²) in [6.45, 7) is 8.59. The van der Waals surface area contributed by atoms with Crippen molar-refractivity contribution in [3.8, 4) is 0 Å². The van der Waals surface area contributed by atoms with Gasteiger partial charge in [0.25, 0.3) is 0 Å². The first-order chi connectivity index (χ1) is 8.33. The maximum absolute atomic E-state index is 3.81. The lowest BCUT2D eigenvalue weighted by Gasteiger charge is -2.05. The molecule has 1 heterocycles. The number of fused-ring (bicyclic) bond motifs is 1. The first kappa shape index (κ1) is 12.1. The quantitative estimate of drug-likeness (QED) is 0.618. The predicted molar refractivity (Wildman–Crippen MR) is 77.8 cm³/mol. The summed E-state index contributed by atoms with van der Waals surface area (Å²) in [5.74, 6) is 0.946. The Kier molecular flexibility index (Phi) is 4.10. The van der Waals surface area contributed by atoms with Crippen molar-refractivity contribution < 1.29 is 0 Å². The molecule has 1 N–H and O–H groups in total. The van der Waals surface area contributed by atoms with E-state index in [1.54, 1.807) is 0 Å². The molecule has 0 atom stereocenters. The van der Waals surface area contributed by atoms with Gasteiger partial charge >= 0.3 is 0 Å². The molecular formula is C15H17NS. The molecule has 17 heavy (non-hydrogen) atoms. The third-order valence-corrected chi connectivity index (χ3v) is 3.85. The predicted octanol–water partition coefficient (Wildman–Crippen LogP) is 4.05. The second-order valence-electron chi connectivity index (χ2n) is 3.97. The van der Waals surface area contributed by atoms with E-state index in [2.05, 4.69) is 36.7 Å². The summed E-state index contributed by atoms with van der Waals surface area (Å²) < 4.78 is 0. The lowest BCUT2D eigenvalue weighted by Crippen LogP contribution is -1.90. The number of hydrogen-bond acceptors (Lipinski definition) is 2. The fourth-order valence-corrected chi connectivity index (χ4v) is 2.80. The van der Waals surface area contributed by atoms with Crippen molar-refractivity contribution >= 4 is 17.4 Å². The summed E-state index contributed by atoms with van der Waals surface area (Å²) >= 11 is 1.84. The fourth-order valence-electron chi connectivity index (χ4n) is 1.86. The van der Waals surface area contributed by atoms with Crippen LogP contribution < -0.4 is 5.32 Å². The Labute approximate surface area is 107 Å². The number of nitrogens with one attached hydrogen (secondary N) is 1. The van der Waals surface area contributed by atoms with Crippen LogP contribution in [0.1, 0.15) is 5.56 Å². The zero-order valence-corrected chi connectivity index (χ0v) is 10.7. The molecule has 1 aliphatic heterocycles. The molecular weight excluding hydrogens is 226 g/mol. The molecule has 88 valence electrons. The zero-order valence-electron chi connectivity index (χ0n) is 9.91. The molecule has 0 unspecified atom stereocenters. The van der Waals surface area contributed by atoms with E-state index in [0.29, 0.717) is 0 Å². The van der Waals surface area contributed by atoms with Crippen LogP contribution in [-0.2, 0) is 6.42 Å². The summed E-state index contributed by atoms with van der Waals surface area (Å²) in [6.07, 6.45) is 6.85. The van der Waals surface area contributed by atoms with Gasteiger partial charge in [-0.2, -0.15) is 0 Å². The molecule has 1 aromatic rings. The smallest absolute Gasteiger partial charge is 0.0374 e. The highest BCUT2D eigenvalue weighted by Crippen LogP contribution is 2.28. The van der Waals surface area contributed by atoms with E-state index in [4.69, 9.17) is 0 Å². The highest BCUT2D eigenvalue weighted by atomic mass is 32.2. The Bertz CT molecular complexity index is 460. The van der Waals surface area contributed by atoms with Crippen LogP contribution in [-0.4, -0.2) is 12.3 Å².